The first-order valence-corrected chi connectivity index (χ1v) is 4.71. The van der Waals surface area contributed by atoms with Gasteiger partial charge >= 0.3 is 0 Å². The predicted octanol–water partition coefficient (Wildman–Crippen LogP) is 1.27. The van der Waals surface area contributed by atoms with Crippen LogP contribution in [0.3, 0.4) is 0 Å². The molecule has 0 saturated heterocycles. The number of rotatable bonds is 6. The van der Waals surface area contributed by atoms with E-state index in [1.165, 1.54) is 19.3 Å². The van der Waals surface area contributed by atoms with Crippen LogP contribution in [0, 0.1) is 0 Å². The van der Waals surface area contributed by atoms with E-state index >= 15 is 0 Å². The SMILES string of the molecule is CCCCCC=N[C@@H](C)C(N)N. The highest BCUT2D eigenvalue weighted by Gasteiger charge is 2.02. The Morgan fingerprint density at radius 2 is 2.00 bits per heavy atom. The van der Waals surface area contributed by atoms with Crippen molar-refractivity contribution in [3.63, 3.8) is 0 Å². The second-order valence-corrected chi connectivity index (χ2v) is 3.15. The summed E-state index contributed by atoms with van der Waals surface area (Å²) >= 11 is 0. The molecule has 0 rings (SSSR count). The van der Waals surface area contributed by atoms with Gasteiger partial charge in [0, 0.05) is 0 Å². The highest BCUT2D eigenvalue weighted by molar-refractivity contribution is 5.57. The molecule has 0 aliphatic rings. The van der Waals surface area contributed by atoms with E-state index in [1.54, 1.807) is 0 Å². The molecule has 0 aromatic carbocycles. The molecule has 0 radical (unpaired) electrons. The molecule has 3 heteroatoms. The van der Waals surface area contributed by atoms with Crippen LogP contribution in [-0.2, 0) is 0 Å². The molecule has 0 aromatic rings. The van der Waals surface area contributed by atoms with Crippen LogP contribution in [0.4, 0.5) is 0 Å². The molecular weight excluding hydrogens is 150 g/mol. The lowest BCUT2D eigenvalue weighted by Gasteiger charge is -2.09. The van der Waals surface area contributed by atoms with E-state index in [4.69, 9.17) is 11.5 Å². The maximum absolute atomic E-state index is 5.44. The van der Waals surface area contributed by atoms with Gasteiger partial charge in [-0.25, -0.2) is 0 Å². The van der Waals surface area contributed by atoms with Gasteiger partial charge in [-0.2, -0.15) is 0 Å². The Labute approximate surface area is 75.2 Å². The highest BCUT2D eigenvalue weighted by atomic mass is 14.9. The molecular formula is C9H21N3. The van der Waals surface area contributed by atoms with Crippen LogP contribution >= 0.6 is 0 Å². The van der Waals surface area contributed by atoms with E-state index in [1.807, 2.05) is 13.1 Å². The Hall–Kier alpha value is -0.410. The van der Waals surface area contributed by atoms with Crippen molar-refractivity contribution >= 4 is 6.21 Å². The average molecular weight is 171 g/mol. The summed E-state index contributed by atoms with van der Waals surface area (Å²) < 4.78 is 0. The van der Waals surface area contributed by atoms with Crippen molar-refractivity contribution in [2.24, 2.45) is 16.5 Å². The normalized spacial score (nSPS) is 14.4. The first-order chi connectivity index (χ1) is 5.68. The van der Waals surface area contributed by atoms with E-state index in [0.717, 1.165) is 6.42 Å². The van der Waals surface area contributed by atoms with Crippen LogP contribution in [0.5, 0.6) is 0 Å². The smallest absolute Gasteiger partial charge is 0.0748 e. The minimum atomic E-state index is -0.326. The number of aliphatic imine (C=N–C) groups is 1. The van der Waals surface area contributed by atoms with Gasteiger partial charge in [-0.15, -0.1) is 0 Å². The van der Waals surface area contributed by atoms with E-state index in [2.05, 4.69) is 11.9 Å². The summed E-state index contributed by atoms with van der Waals surface area (Å²) in [6, 6.07) is 0.0478. The highest BCUT2D eigenvalue weighted by Crippen LogP contribution is 1.97. The molecule has 4 N–H and O–H groups in total. The Morgan fingerprint density at radius 3 is 2.50 bits per heavy atom. The minimum absolute atomic E-state index is 0.0478. The van der Waals surface area contributed by atoms with Crippen LogP contribution in [0.1, 0.15) is 39.5 Å². The molecule has 0 saturated carbocycles. The third-order valence-corrected chi connectivity index (χ3v) is 1.83. The molecule has 3 nitrogen and oxygen atoms in total. The number of nitrogens with two attached hydrogens (primary N) is 2. The predicted molar refractivity (Wildman–Crippen MR) is 54.3 cm³/mol. The molecule has 0 aromatic heterocycles. The number of hydrogen-bond donors (Lipinski definition) is 2. The van der Waals surface area contributed by atoms with Gasteiger partial charge in [-0.3, -0.25) is 4.99 Å². The molecule has 0 amide bonds. The molecule has 0 aliphatic carbocycles. The van der Waals surface area contributed by atoms with Gasteiger partial charge in [0.15, 0.2) is 0 Å². The van der Waals surface area contributed by atoms with Gasteiger partial charge in [-0.1, -0.05) is 19.8 Å². The number of nitrogens with zero attached hydrogens (tertiary/aromatic N) is 1. The van der Waals surface area contributed by atoms with E-state index in [-0.39, 0.29) is 12.2 Å². The van der Waals surface area contributed by atoms with Crippen molar-refractivity contribution in [1.82, 2.24) is 0 Å². The van der Waals surface area contributed by atoms with Gasteiger partial charge in [0.25, 0.3) is 0 Å². The molecule has 72 valence electrons. The van der Waals surface area contributed by atoms with Crippen LogP contribution in [0.2, 0.25) is 0 Å². The largest absolute Gasteiger partial charge is 0.314 e. The summed E-state index contributed by atoms with van der Waals surface area (Å²) in [7, 11) is 0. The zero-order valence-corrected chi connectivity index (χ0v) is 8.16. The molecule has 12 heavy (non-hydrogen) atoms. The molecule has 0 spiro atoms. The van der Waals surface area contributed by atoms with Crippen molar-refractivity contribution in [3.05, 3.63) is 0 Å². The van der Waals surface area contributed by atoms with Crippen LogP contribution < -0.4 is 11.5 Å². The summed E-state index contributed by atoms with van der Waals surface area (Å²) in [4.78, 5) is 4.22. The minimum Gasteiger partial charge on any atom is -0.314 e. The van der Waals surface area contributed by atoms with Gasteiger partial charge in [-0.05, 0) is 26.0 Å². The lowest BCUT2D eigenvalue weighted by molar-refractivity contribution is 0.582. The fourth-order valence-corrected chi connectivity index (χ4v) is 0.826. The van der Waals surface area contributed by atoms with Gasteiger partial charge in [0.1, 0.15) is 0 Å². The fraction of sp³-hybridized carbons (Fsp3) is 0.889. The molecule has 0 bridgehead atoms. The van der Waals surface area contributed by atoms with Crippen LogP contribution in [0.25, 0.3) is 0 Å². The fourth-order valence-electron chi connectivity index (χ4n) is 0.826. The summed E-state index contributed by atoms with van der Waals surface area (Å²) in [5.41, 5.74) is 10.9. The molecule has 1 atom stereocenters. The van der Waals surface area contributed by atoms with Crippen molar-refractivity contribution in [3.8, 4) is 0 Å². The molecule has 0 aliphatic heterocycles. The molecule has 0 fully saturated rings. The lowest BCUT2D eigenvalue weighted by Crippen LogP contribution is -2.39. The Balaban J connectivity index is 3.35. The van der Waals surface area contributed by atoms with E-state index < -0.39 is 0 Å². The summed E-state index contributed by atoms with van der Waals surface area (Å²) in [5.74, 6) is 0. The quantitative estimate of drug-likeness (QED) is 0.359. The first kappa shape index (κ1) is 11.6. The summed E-state index contributed by atoms with van der Waals surface area (Å²) in [6.45, 7) is 4.12. The topological polar surface area (TPSA) is 64.4 Å². The lowest BCUT2D eigenvalue weighted by atomic mass is 10.2. The van der Waals surface area contributed by atoms with Crippen molar-refractivity contribution in [1.29, 1.82) is 0 Å². The molecule has 0 heterocycles. The second kappa shape index (κ2) is 7.25. The van der Waals surface area contributed by atoms with Gasteiger partial charge < -0.3 is 11.5 Å². The summed E-state index contributed by atoms with van der Waals surface area (Å²) in [5, 5.41) is 0. The maximum Gasteiger partial charge on any atom is 0.0748 e. The zero-order valence-electron chi connectivity index (χ0n) is 8.16. The van der Waals surface area contributed by atoms with E-state index in [0.29, 0.717) is 0 Å². The monoisotopic (exact) mass is 171 g/mol. The second-order valence-electron chi connectivity index (χ2n) is 3.15. The third-order valence-electron chi connectivity index (χ3n) is 1.83. The van der Waals surface area contributed by atoms with Crippen molar-refractivity contribution in [2.45, 2.75) is 51.7 Å². The van der Waals surface area contributed by atoms with E-state index in [9.17, 15) is 0 Å². The standard InChI is InChI=1S/C9H21N3/c1-3-4-5-6-7-12-8(2)9(10)11/h7-9H,3-6,10-11H2,1-2H3/t8-/m0/s1. The van der Waals surface area contributed by atoms with Crippen molar-refractivity contribution < 1.29 is 0 Å². The first-order valence-electron chi connectivity index (χ1n) is 4.71. The Bertz CT molecular complexity index is 121. The van der Waals surface area contributed by atoms with Crippen molar-refractivity contribution in [2.75, 3.05) is 0 Å². The van der Waals surface area contributed by atoms with Crippen LogP contribution in [0.15, 0.2) is 4.99 Å². The number of unbranched alkanes of at least 4 members (excludes halogenated alkanes) is 3. The zero-order chi connectivity index (χ0) is 9.40. The Morgan fingerprint density at radius 1 is 1.33 bits per heavy atom. The average Bonchev–Trinajstić information content (AvgIpc) is 2.03. The third kappa shape index (κ3) is 6.31. The Kier molecular flexibility index (Phi) is 7.00. The molecule has 0 unspecified atom stereocenters. The maximum atomic E-state index is 5.44. The van der Waals surface area contributed by atoms with Crippen LogP contribution in [-0.4, -0.2) is 18.4 Å². The summed E-state index contributed by atoms with van der Waals surface area (Å²) in [6.07, 6.45) is 6.40. The number of hydrogen-bond acceptors (Lipinski definition) is 3. The van der Waals surface area contributed by atoms with Gasteiger partial charge in [0.2, 0.25) is 0 Å². The van der Waals surface area contributed by atoms with Gasteiger partial charge in [0.05, 0.1) is 12.2 Å².